The molecule has 0 aliphatic carbocycles. The smallest absolute Gasteiger partial charge is 0.0701 e. The van der Waals surface area contributed by atoms with Crippen LogP contribution in [0.1, 0.15) is 45.9 Å². The van der Waals surface area contributed by atoms with E-state index in [2.05, 4.69) is 68.0 Å². The van der Waals surface area contributed by atoms with Gasteiger partial charge in [0.2, 0.25) is 0 Å². The monoisotopic (exact) mass is 331 g/mol. The summed E-state index contributed by atoms with van der Waals surface area (Å²) < 4.78 is 1.23. The molecule has 0 saturated heterocycles. The molecular formula is C15H26BrNS. The fourth-order valence-corrected chi connectivity index (χ4v) is 3.58. The van der Waals surface area contributed by atoms with Gasteiger partial charge in [-0.2, -0.15) is 0 Å². The van der Waals surface area contributed by atoms with Crippen LogP contribution in [0.5, 0.6) is 0 Å². The largest absolute Gasteiger partial charge is 0.314 e. The second kappa shape index (κ2) is 7.06. The second-order valence-corrected chi connectivity index (χ2v) is 8.71. The average Bonchev–Trinajstić information content (AvgIpc) is 2.62. The van der Waals surface area contributed by atoms with Gasteiger partial charge in [-0.1, -0.05) is 34.6 Å². The zero-order valence-electron chi connectivity index (χ0n) is 12.2. The van der Waals surface area contributed by atoms with Crippen molar-refractivity contribution in [1.29, 1.82) is 0 Å². The van der Waals surface area contributed by atoms with E-state index < -0.39 is 0 Å². The molecule has 0 fully saturated rings. The van der Waals surface area contributed by atoms with Crippen molar-refractivity contribution in [1.82, 2.24) is 5.32 Å². The van der Waals surface area contributed by atoms with Gasteiger partial charge in [-0.3, -0.25) is 0 Å². The summed E-state index contributed by atoms with van der Waals surface area (Å²) in [4.78, 5) is 1.47. The molecule has 0 bridgehead atoms. The van der Waals surface area contributed by atoms with Crippen molar-refractivity contribution in [3.63, 3.8) is 0 Å². The first-order valence-electron chi connectivity index (χ1n) is 6.80. The fraction of sp³-hybridized carbons (Fsp3) is 0.733. The molecule has 0 aliphatic heterocycles. The van der Waals surface area contributed by atoms with Gasteiger partial charge in [0.05, 0.1) is 3.79 Å². The van der Waals surface area contributed by atoms with Crippen LogP contribution in [0.3, 0.4) is 0 Å². The van der Waals surface area contributed by atoms with Gasteiger partial charge in [0.25, 0.3) is 0 Å². The van der Waals surface area contributed by atoms with Crippen LogP contribution in [-0.4, -0.2) is 12.6 Å². The third-order valence-electron chi connectivity index (χ3n) is 3.69. The van der Waals surface area contributed by atoms with E-state index in [1.807, 2.05) is 11.3 Å². The highest BCUT2D eigenvalue weighted by Gasteiger charge is 2.23. The van der Waals surface area contributed by atoms with Crippen molar-refractivity contribution < 1.29 is 0 Å². The van der Waals surface area contributed by atoms with Crippen LogP contribution in [0, 0.1) is 11.3 Å². The lowest BCUT2D eigenvalue weighted by molar-refractivity contribution is 0.223. The lowest BCUT2D eigenvalue weighted by Gasteiger charge is -2.31. The maximum Gasteiger partial charge on any atom is 0.0701 e. The van der Waals surface area contributed by atoms with Gasteiger partial charge in [-0.15, -0.1) is 11.3 Å². The van der Waals surface area contributed by atoms with Crippen molar-refractivity contribution in [2.75, 3.05) is 6.54 Å². The third kappa shape index (κ3) is 5.41. The summed E-state index contributed by atoms with van der Waals surface area (Å²) >= 11 is 5.39. The van der Waals surface area contributed by atoms with Gasteiger partial charge in [-0.25, -0.2) is 0 Å². The van der Waals surface area contributed by atoms with E-state index in [-0.39, 0.29) is 0 Å². The van der Waals surface area contributed by atoms with Gasteiger partial charge in [0, 0.05) is 10.9 Å². The van der Waals surface area contributed by atoms with E-state index in [1.54, 1.807) is 0 Å². The van der Waals surface area contributed by atoms with Crippen molar-refractivity contribution in [3.05, 3.63) is 20.8 Å². The zero-order valence-corrected chi connectivity index (χ0v) is 14.6. The standard InChI is InChI=1S/C15H26BrNS/c1-6-17-12(9-11(2)15(3,4)5)10-13-7-8-14(16)18-13/h7-8,11-12,17H,6,9-10H2,1-5H3. The summed E-state index contributed by atoms with van der Waals surface area (Å²) in [5.41, 5.74) is 0.393. The Bertz CT molecular complexity index is 354. The molecule has 18 heavy (non-hydrogen) atoms. The van der Waals surface area contributed by atoms with Gasteiger partial charge in [0.15, 0.2) is 0 Å². The molecule has 0 aromatic carbocycles. The number of thiophene rings is 1. The number of hydrogen-bond donors (Lipinski definition) is 1. The predicted molar refractivity (Wildman–Crippen MR) is 86.4 cm³/mol. The minimum absolute atomic E-state index is 0.393. The van der Waals surface area contributed by atoms with Crippen LogP contribution in [0.4, 0.5) is 0 Å². The van der Waals surface area contributed by atoms with Crippen LogP contribution < -0.4 is 5.32 Å². The van der Waals surface area contributed by atoms with Crippen molar-refractivity contribution in [2.24, 2.45) is 11.3 Å². The highest BCUT2D eigenvalue weighted by molar-refractivity contribution is 9.11. The molecule has 0 amide bonds. The lowest BCUT2D eigenvalue weighted by atomic mass is 9.78. The predicted octanol–water partition coefficient (Wildman–Crippen LogP) is 5.10. The van der Waals surface area contributed by atoms with Crippen molar-refractivity contribution in [3.8, 4) is 0 Å². The molecular weight excluding hydrogens is 306 g/mol. The minimum Gasteiger partial charge on any atom is -0.314 e. The number of hydrogen-bond acceptors (Lipinski definition) is 2. The summed E-state index contributed by atoms with van der Waals surface area (Å²) in [6.45, 7) is 12.6. The van der Waals surface area contributed by atoms with E-state index in [0.717, 1.165) is 18.9 Å². The minimum atomic E-state index is 0.393. The number of nitrogens with one attached hydrogen (secondary N) is 1. The molecule has 2 atom stereocenters. The SMILES string of the molecule is CCNC(Cc1ccc(Br)s1)CC(C)C(C)(C)C. The Labute approximate surface area is 125 Å². The zero-order chi connectivity index (χ0) is 13.8. The first-order valence-corrected chi connectivity index (χ1v) is 8.41. The lowest BCUT2D eigenvalue weighted by Crippen LogP contribution is -2.35. The van der Waals surface area contributed by atoms with E-state index >= 15 is 0 Å². The highest BCUT2D eigenvalue weighted by Crippen LogP contribution is 2.30. The molecule has 0 radical (unpaired) electrons. The third-order valence-corrected chi connectivity index (χ3v) is 5.33. The Morgan fingerprint density at radius 2 is 2.00 bits per heavy atom. The fourth-order valence-electron chi connectivity index (χ4n) is 2.01. The molecule has 1 nitrogen and oxygen atoms in total. The number of halogens is 1. The molecule has 104 valence electrons. The van der Waals surface area contributed by atoms with E-state index in [1.165, 1.54) is 15.1 Å². The van der Waals surface area contributed by atoms with E-state index in [0.29, 0.717) is 11.5 Å². The van der Waals surface area contributed by atoms with E-state index in [4.69, 9.17) is 0 Å². The number of likely N-dealkylation sites (N-methyl/N-ethyl adjacent to an activating group) is 1. The Morgan fingerprint density at radius 1 is 1.33 bits per heavy atom. The highest BCUT2D eigenvalue weighted by atomic mass is 79.9. The maximum atomic E-state index is 3.63. The second-order valence-electron chi connectivity index (χ2n) is 6.17. The van der Waals surface area contributed by atoms with Crippen LogP contribution in [-0.2, 0) is 6.42 Å². The summed E-state index contributed by atoms with van der Waals surface area (Å²) in [6.07, 6.45) is 2.39. The maximum absolute atomic E-state index is 3.63. The van der Waals surface area contributed by atoms with Crippen LogP contribution in [0.15, 0.2) is 15.9 Å². The topological polar surface area (TPSA) is 12.0 Å². The normalized spacial score (nSPS) is 15.7. The van der Waals surface area contributed by atoms with Crippen molar-refractivity contribution in [2.45, 2.75) is 53.5 Å². The van der Waals surface area contributed by atoms with E-state index in [9.17, 15) is 0 Å². The molecule has 1 aromatic rings. The van der Waals surface area contributed by atoms with Gasteiger partial charge < -0.3 is 5.32 Å². The molecule has 1 rings (SSSR count). The first-order chi connectivity index (χ1) is 8.32. The Hall–Kier alpha value is 0.140. The Morgan fingerprint density at radius 3 is 2.44 bits per heavy atom. The molecule has 0 saturated carbocycles. The van der Waals surface area contributed by atoms with Gasteiger partial charge >= 0.3 is 0 Å². The van der Waals surface area contributed by atoms with Crippen LogP contribution in [0.2, 0.25) is 0 Å². The molecule has 1 N–H and O–H groups in total. The Balaban J connectivity index is 2.60. The molecule has 2 unspecified atom stereocenters. The summed E-state index contributed by atoms with van der Waals surface area (Å²) in [5.74, 6) is 0.727. The molecule has 1 aromatic heterocycles. The first kappa shape index (κ1) is 16.2. The Kier molecular flexibility index (Phi) is 6.36. The average molecular weight is 332 g/mol. The van der Waals surface area contributed by atoms with Crippen LogP contribution in [0.25, 0.3) is 0 Å². The summed E-state index contributed by atoms with van der Waals surface area (Å²) in [6, 6.07) is 4.98. The van der Waals surface area contributed by atoms with Gasteiger partial charge in [-0.05, 0) is 58.8 Å². The summed E-state index contributed by atoms with van der Waals surface area (Å²) in [7, 11) is 0. The molecule has 0 spiro atoms. The quantitative estimate of drug-likeness (QED) is 0.764. The summed E-state index contributed by atoms with van der Waals surface area (Å²) in [5, 5.41) is 3.63. The van der Waals surface area contributed by atoms with Crippen molar-refractivity contribution >= 4 is 27.3 Å². The molecule has 0 aliphatic rings. The number of rotatable bonds is 6. The van der Waals surface area contributed by atoms with Gasteiger partial charge in [0.1, 0.15) is 0 Å². The molecule has 3 heteroatoms. The van der Waals surface area contributed by atoms with Crippen LogP contribution >= 0.6 is 27.3 Å². The molecule has 1 heterocycles.